The van der Waals surface area contributed by atoms with Gasteiger partial charge < -0.3 is 16.8 Å². The molecule has 5 N–H and O–H groups in total. The first-order valence-electron chi connectivity index (χ1n) is 6.09. The number of nitrogen functional groups attached to an aromatic ring is 1. The standard InChI is InChI=1S/C15H17N3O/c16-14-4-2-1-3-12(14)10-18-13-7-5-11(6-8-13)9-15(17)19/h1-8,18H,9-10,16H2,(H2,17,19). The molecule has 0 unspecified atom stereocenters. The lowest BCUT2D eigenvalue weighted by Crippen LogP contribution is -2.13. The molecule has 0 aliphatic carbocycles. The zero-order valence-corrected chi connectivity index (χ0v) is 10.6. The predicted molar refractivity (Wildman–Crippen MR) is 77.5 cm³/mol. The van der Waals surface area contributed by atoms with Crippen LogP contribution < -0.4 is 16.8 Å². The van der Waals surface area contributed by atoms with Crippen LogP contribution in [0.4, 0.5) is 11.4 Å². The van der Waals surface area contributed by atoms with E-state index in [1.54, 1.807) is 0 Å². The summed E-state index contributed by atoms with van der Waals surface area (Å²) in [6, 6.07) is 15.4. The van der Waals surface area contributed by atoms with Crippen LogP contribution in [0, 0.1) is 0 Å². The Morgan fingerprint density at radius 3 is 2.37 bits per heavy atom. The maximum atomic E-state index is 10.8. The van der Waals surface area contributed by atoms with E-state index in [2.05, 4.69) is 5.32 Å². The molecule has 98 valence electrons. The van der Waals surface area contributed by atoms with E-state index < -0.39 is 0 Å². The van der Waals surface area contributed by atoms with E-state index in [0.717, 1.165) is 22.5 Å². The van der Waals surface area contributed by atoms with Crippen molar-refractivity contribution in [2.24, 2.45) is 5.73 Å². The van der Waals surface area contributed by atoms with E-state index in [1.165, 1.54) is 0 Å². The molecule has 0 bridgehead atoms. The van der Waals surface area contributed by atoms with Gasteiger partial charge in [0.1, 0.15) is 0 Å². The number of primary amides is 1. The lowest BCUT2D eigenvalue weighted by atomic mass is 10.1. The fraction of sp³-hybridized carbons (Fsp3) is 0.133. The summed E-state index contributed by atoms with van der Waals surface area (Å²) < 4.78 is 0. The second-order valence-electron chi connectivity index (χ2n) is 4.39. The number of hydrogen-bond donors (Lipinski definition) is 3. The van der Waals surface area contributed by atoms with Gasteiger partial charge in [-0.3, -0.25) is 4.79 Å². The molecule has 0 spiro atoms. The topological polar surface area (TPSA) is 81.1 Å². The van der Waals surface area contributed by atoms with Crippen molar-refractivity contribution in [2.45, 2.75) is 13.0 Å². The molecule has 0 aromatic heterocycles. The minimum absolute atomic E-state index is 0.270. The highest BCUT2D eigenvalue weighted by atomic mass is 16.1. The molecule has 2 aromatic carbocycles. The fourth-order valence-electron chi connectivity index (χ4n) is 1.83. The predicted octanol–water partition coefficient (Wildman–Crippen LogP) is 1.91. The van der Waals surface area contributed by atoms with Crippen molar-refractivity contribution in [3.05, 3.63) is 59.7 Å². The number of nitrogens with one attached hydrogen (secondary N) is 1. The van der Waals surface area contributed by atoms with Crippen LogP contribution in [0.3, 0.4) is 0 Å². The monoisotopic (exact) mass is 255 g/mol. The summed E-state index contributed by atoms with van der Waals surface area (Å²) in [7, 11) is 0. The first kappa shape index (κ1) is 13.0. The summed E-state index contributed by atoms with van der Waals surface area (Å²) >= 11 is 0. The first-order valence-corrected chi connectivity index (χ1v) is 6.09. The third-order valence-corrected chi connectivity index (χ3v) is 2.87. The third-order valence-electron chi connectivity index (χ3n) is 2.87. The maximum absolute atomic E-state index is 10.8. The molecule has 4 heteroatoms. The van der Waals surface area contributed by atoms with Crippen LogP contribution in [0.1, 0.15) is 11.1 Å². The highest BCUT2D eigenvalue weighted by Crippen LogP contribution is 2.15. The summed E-state index contributed by atoms with van der Waals surface area (Å²) in [6.45, 7) is 0.668. The minimum atomic E-state index is -0.322. The average molecular weight is 255 g/mol. The lowest BCUT2D eigenvalue weighted by Gasteiger charge is -2.09. The second-order valence-corrected chi connectivity index (χ2v) is 4.39. The van der Waals surface area contributed by atoms with Crippen molar-refractivity contribution in [1.29, 1.82) is 0 Å². The molecule has 0 fully saturated rings. The van der Waals surface area contributed by atoms with Crippen LogP contribution in [0.15, 0.2) is 48.5 Å². The molecule has 0 saturated heterocycles. The minimum Gasteiger partial charge on any atom is -0.398 e. The van der Waals surface area contributed by atoms with E-state index in [1.807, 2.05) is 48.5 Å². The molecular weight excluding hydrogens is 238 g/mol. The van der Waals surface area contributed by atoms with Crippen LogP contribution in [0.5, 0.6) is 0 Å². The van der Waals surface area contributed by atoms with Crippen LogP contribution >= 0.6 is 0 Å². The summed E-state index contributed by atoms with van der Waals surface area (Å²) in [6.07, 6.45) is 0.270. The summed E-state index contributed by atoms with van der Waals surface area (Å²) in [5, 5.41) is 3.29. The number of benzene rings is 2. The van der Waals surface area contributed by atoms with E-state index in [0.29, 0.717) is 6.54 Å². The van der Waals surface area contributed by atoms with Gasteiger partial charge in [0.05, 0.1) is 6.42 Å². The smallest absolute Gasteiger partial charge is 0.221 e. The van der Waals surface area contributed by atoms with Crippen molar-refractivity contribution in [3.8, 4) is 0 Å². The van der Waals surface area contributed by atoms with E-state index in [9.17, 15) is 4.79 Å². The summed E-state index contributed by atoms with van der Waals surface area (Å²) in [5.74, 6) is -0.322. The normalized spacial score (nSPS) is 10.1. The third kappa shape index (κ3) is 3.74. The Kier molecular flexibility index (Phi) is 4.03. The number of amides is 1. The Bertz CT molecular complexity index is 564. The van der Waals surface area contributed by atoms with Crippen LogP contribution in [0.2, 0.25) is 0 Å². The quantitative estimate of drug-likeness (QED) is 0.714. The van der Waals surface area contributed by atoms with Crippen LogP contribution in [0.25, 0.3) is 0 Å². The molecule has 1 amide bonds. The largest absolute Gasteiger partial charge is 0.398 e. The van der Waals surface area contributed by atoms with Gasteiger partial charge in [-0.2, -0.15) is 0 Å². The fourth-order valence-corrected chi connectivity index (χ4v) is 1.83. The van der Waals surface area contributed by atoms with Gasteiger partial charge in [-0.15, -0.1) is 0 Å². The highest BCUT2D eigenvalue weighted by molar-refractivity contribution is 5.76. The van der Waals surface area contributed by atoms with Gasteiger partial charge in [0, 0.05) is 17.9 Å². The number of anilines is 2. The van der Waals surface area contributed by atoms with Crippen molar-refractivity contribution in [3.63, 3.8) is 0 Å². The van der Waals surface area contributed by atoms with Gasteiger partial charge >= 0.3 is 0 Å². The Morgan fingerprint density at radius 1 is 1.05 bits per heavy atom. The van der Waals surface area contributed by atoms with E-state index >= 15 is 0 Å². The molecule has 0 saturated carbocycles. The Balaban J connectivity index is 1.97. The van der Waals surface area contributed by atoms with Crippen LogP contribution in [-0.2, 0) is 17.8 Å². The molecular formula is C15H17N3O. The van der Waals surface area contributed by atoms with Crippen molar-refractivity contribution >= 4 is 17.3 Å². The average Bonchev–Trinajstić information content (AvgIpc) is 2.39. The number of para-hydroxylation sites is 1. The van der Waals surface area contributed by atoms with E-state index in [4.69, 9.17) is 11.5 Å². The Labute approximate surface area is 112 Å². The van der Waals surface area contributed by atoms with Gasteiger partial charge in [-0.1, -0.05) is 30.3 Å². The Hall–Kier alpha value is -2.49. The molecule has 4 nitrogen and oxygen atoms in total. The molecule has 0 heterocycles. The van der Waals surface area contributed by atoms with Gasteiger partial charge in [-0.05, 0) is 29.3 Å². The molecule has 0 atom stereocenters. The highest BCUT2D eigenvalue weighted by Gasteiger charge is 2.00. The number of rotatable bonds is 5. The number of carbonyl (C=O) groups excluding carboxylic acids is 1. The van der Waals surface area contributed by atoms with Crippen molar-refractivity contribution in [1.82, 2.24) is 0 Å². The van der Waals surface area contributed by atoms with Crippen molar-refractivity contribution < 1.29 is 4.79 Å². The van der Waals surface area contributed by atoms with Gasteiger partial charge in [-0.25, -0.2) is 0 Å². The van der Waals surface area contributed by atoms with Gasteiger partial charge in [0.15, 0.2) is 0 Å². The first-order chi connectivity index (χ1) is 9.15. The Morgan fingerprint density at radius 2 is 1.74 bits per heavy atom. The van der Waals surface area contributed by atoms with Gasteiger partial charge in [0.25, 0.3) is 0 Å². The molecule has 2 rings (SSSR count). The maximum Gasteiger partial charge on any atom is 0.221 e. The molecule has 19 heavy (non-hydrogen) atoms. The number of hydrogen-bond acceptors (Lipinski definition) is 3. The van der Waals surface area contributed by atoms with Gasteiger partial charge in [0.2, 0.25) is 5.91 Å². The zero-order valence-electron chi connectivity index (χ0n) is 10.6. The number of nitrogens with two attached hydrogens (primary N) is 2. The molecule has 0 aliphatic heterocycles. The zero-order chi connectivity index (χ0) is 13.7. The lowest BCUT2D eigenvalue weighted by molar-refractivity contribution is -0.117. The molecule has 2 aromatic rings. The molecule has 0 radical (unpaired) electrons. The molecule has 0 aliphatic rings. The summed E-state index contributed by atoms with van der Waals surface area (Å²) in [4.78, 5) is 10.8. The number of carbonyl (C=O) groups is 1. The van der Waals surface area contributed by atoms with Crippen LogP contribution in [-0.4, -0.2) is 5.91 Å². The summed E-state index contributed by atoms with van der Waals surface area (Å²) in [5.41, 5.74) is 14.8. The van der Waals surface area contributed by atoms with Crippen molar-refractivity contribution in [2.75, 3.05) is 11.1 Å². The second kappa shape index (κ2) is 5.91. The SMILES string of the molecule is NC(=O)Cc1ccc(NCc2ccccc2N)cc1. The van der Waals surface area contributed by atoms with E-state index in [-0.39, 0.29) is 12.3 Å².